The van der Waals surface area contributed by atoms with E-state index in [2.05, 4.69) is 12.2 Å². The Labute approximate surface area is 184 Å². The van der Waals surface area contributed by atoms with Crippen molar-refractivity contribution in [2.75, 3.05) is 12.3 Å². The summed E-state index contributed by atoms with van der Waals surface area (Å²) in [6.07, 6.45) is 10.5. The number of amides is 2. The summed E-state index contributed by atoms with van der Waals surface area (Å²) < 4.78 is 0. The lowest BCUT2D eigenvalue weighted by atomic mass is 9.88. The Balaban J connectivity index is 1.75. The minimum atomic E-state index is -0.415. The molecule has 0 radical (unpaired) electrons. The Morgan fingerprint density at radius 1 is 1.14 bits per heavy atom. The van der Waals surface area contributed by atoms with Gasteiger partial charge in [0.1, 0.15) is 6.04 Å². The molecule has 1 saturated carbocycles. The molecule has 4 nitrogen and oxygen atoms in total. The summed E-state index contributed by atoms with van der Waals surface area (Å²) in [6, 6.07) is 6.77. The number of carbonyl (C=O) groups is 2. The van der Waals surface area contributed by atoms with Crippen molar-refractivity contribution in [3.05, 3.63) is 34.9 Å². The lowest BCUT2D eigenvalue weighted by Crippen LogP contribution is -2.51. The number of nitrogens with one attached hydrogen (secondary N) is 1. The van der Waals surface area contributed by atoms with Crippen molar-refractivity contribution in [1.29, 1.82) is 0 Å². The molecule has 0 aromatic heterocycles. The zero-order chi connectivity index (χ0) is 20.6. The minimum Gasteiger partial charge on any atom is -0.354 e. The first-order valence-corrected chi connectivity index (χ1v) is 12.5. The number of hydrogen-bond acceptors (Lipinski definition) is 3. The standard InChI is InChI=1S/C23H33ClN2O2S/c1-2-3-4-10-15-25-21(27)20-16-29-23(17-11-6-5-7-12-17)26(20)22(28)18-13-8-9-14-19(18)24/h8-9,13-14,17,20,23H,2-7,10-12,15-16H2,1H3,(H,25,27). The molecule has 160 valence electrons. The van der Waals surface area contributed by atoms with Gasteiger partial charge in [-0.2, -0.15) is 0 Å². The van der Waals surface area contributed by atoms with Gasteiger partial charge in [-0.25, -0.2) is 0 Å². The third kappa shape index (κ3) is 5.69. The SMILES string of the molecule is CCCCCCNC(=O)C1CSC(C2CCCCC2)N1C(=O)c1ccccc1Cl. The molecule has 29 heavy (non-hydrogen) atoms. The molecule has 1 N–H and O–H groups in total. The van der Waals surface area contributed by atoms with Crippen LogP contribution in [0.3, 0.4) is 0 Å². The molecule has 2 amide bonds. The van der Waals surface area contributed by atoms with Crippen molar-refractivity contribution in [2.45, 2.75) is 76.1 Å². The van der Waals surface area contributed by atoms with Crippen LogP contribution in [0.2, 0.25) is 5.02 Å². The van der Waals surface area contributed by atoms with Gasteiger partial charge in [-0.3, -0.25) is 9.59 Å². The molecule has 1 aliphatic heterocycles. The van der Waals surface area contributed by atoms with Crippen molar-refractivity contribution in [3.8, 4) is 0 Å². The predicted molar refractivity (Wildman–Crippen MR) is 121 cm³/mol. The van der Waals surface area contributed by atoms with Crippen LogP contribution in [0, 0.1) is 5.92 Å². The number of carbonyl (C=O) groups excluding carboxylic acids is 2. The zero-order valence-corrected chi connectivity index (χ0v) is 18.9. The average molecular weight is 437 g/mol. The molecule has 2 aliphatic rings. The Bertz CT molecular complexity index is 693. The predicted octanol–water partition coefficient (Wildman–Crippen LogP) is 5.50. The Morgan fingerprint density at radius 3 is 2.62 bits per heavy atom. The molecular formula is C23H33ClN2O2S. The van der Waals surface area contributed by atoms with Crippen LogP contribution < -0.4 is 5.32 Å². The summed E-state index contributed by atoms with van der Waals surface area (Å²) in [5.74, 6) is 0.996. The molecular weight excluding hydrogens is 404 g/mol. The van der Waals surface area contributed by atoms with Crippen molar-refractivity contribution < 1.29 is 9.59 Å². The number of benzene rings is 1. The highest BCUT2D eigenvalue weighted by Gasteiger charge is 2.45. The van der Waals surface area contributed by atoms with Crippen LogP contribution in [0.5, 0.6) is 0 Å². The maximum Gasteiger partial charge on any atom is 0.256 e. The second-order valence-electron chi connectivity index (χ2n) is 8.18. The fourth-order valence-electron chi connectivity index (χ4n) is 4.42. The fraction of sp³-hybridized carbons (Fsp3) is 0.652. The lowest BCUT2D eigenvalue weighted by Gasteiger charge is -2.35. The number of rotatable bonds is 8. The van der Waals surface area contributed by atoms with Gasteiger partial charge in [-0.1, -0.05) is 69.2 Å². The van der Waals surface area contributed by atoms with Gasteiger partial charge >= 0.3 is 0 Å². The van der Waals surface area contributed by atoms with Gasteiger partial charge in [0, 0.05) is 12.3 Å². The van der Waals surface area contributed by atoms with E-state index in [9.17, 15) is 9.59 Å². The first kappa shape index (κ1) is 22.5. The maximum atomic E-state index is 13.5. The second kappa shape index (κ2) is 11.3. The number of nitrogens with zero attached hydrogens (tertiary/aromatic N) is 1. The van der Waals surface area contributed by atoms with E-state index in [1.807, 2.05) is 17.0 Å². The first-order valence-electron chi connectivity index (χ1n) is 11.1. The topological polar surface area (TPSA) is 49.4 Å². The van der Waals surface area contributed by atoms with Gasteiger partial charge in [0.05, 0.1) is 16.0 Å². The van der Waals surface area contributed by atoms with Crippen LogP contribution in [0.1, 0.15) is 75.1 Å². The van der Waals surface area contributed by atoms with Crippen LogP contribution in [0.4, 0.5) is 0 Å². The highest BCUT2D eigenvalue weighted by atomic mass is 35.5. The molecule has 1 heterocycles. The van der Waals surface area contributed by atoms with E-state index < -0.39 is 6.04 Å². The Kier molecular flexibility index (Phi) is 8.73. The van der Waals surface area contributed by atoms with Crippen molar-refractivity contribution in [1.82, 2.24) is 10.2 Å². The highest BCUT2D eigenvalue weighted by Crippen LogP contribution is 2.41. The van der Waals surface area contributed by atoms with Gasteiger partial charge in [-0.05, 0) is 37.3 Å². The Morgan fingerprint density at radius 2 is 1.90 bits per heavy atom. The van der Waals surface area contributed by atoms with Gasteiger partial charge < -0.3 is 10.2 Å². The van der Waals surface area contributed by atoms with E-state index >= 15 is 0 Å². The Hall–Kier alpha value is -1.20. The van der Waals surface area contributed by atoms with E-state index in [4.69, 9.17) is 11.6 Å². The van der Waals surface area contributed by atoms with Crippen LogP contribution in [-0.2, 0) is 4.79 Å². The van der Waals surface area contributed by atoms with E-state index in [0.717, 1.165) is 25.7 Å². The first-order chi connectivity index (χ1) is 14.1. The van der Waals surface area contributed by atoms with Crippen LogP contribution >= 0.6 is 23.4 Å². The molecule has 0 bridgehead atoms. The van der Waals surface area contributed by atoms with Crippen LogP contribution in [0.15, 0.2) is 24.3 Å². The minimum absolute atomic E-state index is 0.0206. The number of thioether (sulfide) groups is 1. The molecule has 1 saturated heterocycles. The van der Waals surface area contributed by atoms with Gasteiger partial charge in [-0.15, -0.1) is 11.8 Å². The maximum absolute atomic E-state index is 13.5. The number of unbranched alkanes of at least 4 members (excludes halogenated alkanes) is 3. The summed E-state index contributed by atoms with van der Waals surface area (Å²) in [5, 5.41) is 3.60. The third-order valence-electron chi connectivity index (χ3n) is 6.06. The monoisotopic (exact) mass is 436 g/mol. The summed E-state index contributed by atoms with van der Waals surface area (Å²) in [6.45, 7) is 2.86. The average Bonchev–Trinajstić information content (AvgIpc) is 3.19. The summed E-state index contributed by atoms with van der Waals surface area (Å²) in [4.78, 5) is 28.3. The lowest BCUT2D eigenvalue weighted by molar-refractivity contribution is -0.125. The molecule has 0 spiro atoms. The third-order valence-corrected chi connectivity index (χ3v) is 7.85. The molecule has 1 aliphatic carbocycles. The molecule has 2 fully saturated rings. The smallest absolute Gasteiger partial charge is 0.256 e. The molecule has 3 rings (SSSR count). The second-order valence-corrected chi connectivity index (χ2v) is 9.74. The van der Waals surface area contributed by atoms with Crippen molar-refractivity contribution in [2.24, 2.45) is 5.92 Å². The molecule has 6 heteroatoms. The summed E-state index contributed by atoms with van der Waals surface area (Å²) >= 11 is 8.11. The van der Waals surface area contributed by atoms with E-state index in [1.54, 1.807) is 23.9 Å². The van der Waals surface area contributed by atoms with Crippen LogP contribution in [-0.4, -0.2) is 40.4 Å². The zero-order valence-electron chi connectivity index (χ0n) is 17.4. The number of hydrogen-bond donors (Lipinski definition) is 1. The molecule has 2 unspecified atom stereocenters. The van der Waals surface area contributed by atoms with E-state index in [0.29, 0.717) is 28.8 Å². The molecule has 1 aromatic carbocycles. The van der Waals surface area contributed by atoms with Gasteiger partial charge in [0.25, 0.3) is 5.91 Å². The quantitative estimate of drug-likeness (QED) is 0.547. The highest BCUT2D eigenvalue weighted by molar-refractivity contribution is 8.00. The van der Waals surface area contributed by atoms with Crippen LogP contribution in [0.25, 0.3) is 0 Å². The normalized spacial score (nSPS) is 22.6. The summed E-state index contributed by atoms with van der Waals surface area (Å²) in [5.41, 5.74) is 0.498. The van der Waals surface area contributed by atoms with E-state index in [1.165, 1.54) is 32.1 Å². The largest absolute Gasteiger partial charge is 0.354 e. The van der Waals surface area contributed by atoms with Gasteiger partial charge in [0.2, 0.25) is 5.91 Å². The number of halogens is 1. The summed E-state index contributed by atoms with van der Waals surface area (Å²) in [7, 11) is 0. The van der Waals surface area contributed by atoms with Crippen molar-refractivity contribution in [3.63, 3.8) is 0 Å². The van der Waals surface area contributed by atoms with Gasteiger partial charge in [0.15, 0.2) is 0 Å². The van der Waals surface area contributed by atoms with E-state index in [-0.39, 0.29) is 17.2 Å². The van der Waals surface area contributed by atoms with Crippen molar-refractivity contribution >= 4 is 35.2 Å². The molecule has 2 atom stereocenters. The fourth-order valence-corrected chi connectivity index (χ4v) is 6.28. The molecule has 1 aromatic rings.